The smallest absolute Gasteiger partial charge is 0.254 e. The van der Waals surface area contributed by atoms with Crippen molar-refractivity contribution >= 4 is 5.91 Å². The van der Waals surface area contributed by atoms with Gasteiger partial charge in [-0.15, -0.1) is 0 Å². The lowest BCUT2D eigenvalue weighted by atomic mass is 9.97. The molecule has 1 N–H and O–H groups in total. The van der Waals surface area contributed by atoms with Crippen LogP contribution in [0.1, 0.15) is 28.7 Å². The molecule has 0 radical (unpaired) electrons. The molecule has 2 heterocycles. The molecule has 1 amide bonds. The highest BCUT2D eigenvalue weighted by molar-refractivity contribution is 5.82. The van der Waals surface area contributed by atoms with Gasteiger partial charge in [0, 0.05) is 0 Å². The van der Waals surface area contributed by atoms with E-state index in [1.165, 1.54) is 12.0 Å². The quantitative estimate of drug-likeness (QED) is 0.927. The van der Waals surface area contributed by atoms with Crippen molar-refractivity contribution in [2.75, 3.05) is 6.61 Å². The van der Waals surface area contributed by atoms with Gasteiger partial charge in [-0.3, -0.25) is 4.79 Å². The van der Waals surface area contributed by atoms with Crippen LogP contribution in [0.4, 0.5) is 0 Å². The van der Waals surface area contributed by atoms with Crippen LogP contribution in [-0.4, -0.2) is 17.5 Å². The monoisotopic (exact) mass is 272 g/mol. The number of amides is 1. The molecule has 0 aliphatic carbocycles. The largest absolute Gasteiger partial charge is 0.446 e. The van der Waals surface area contributed by atoms with Gasteiger partial charge in [-0.05, 0) is 24.5 Å². The Morgan fingerprint density at radius 2 is 2.30 bits per heavy atom. The number of oxazole rings is 1. The number of hydrogen-bond donors (Lipinski definition) is 1. The minimum absolute atomic E-state index is 0.145. The normalized spacial score (nSPS) is 17.6. The maximum absolute atomic E-state index is 12.3. The van der Waals surface area contributed by atoms with Gasteiger partial charge in [-0.2, -0.15) is 0 Å². The second-order valence-corrected chi connectivity index (χ2v) is 4.78. The Labute approximate surface area is 117 Å². The Morgan fingerprint density at radius 1 is 1.45 bits per heavy atom. The zero-order valence-electron chi connectivity index (χ0n) is 11.3. The molecule has 0 spiro atoms. The Morgan fingerprint density at radius 3 is 3.10 bits per heavy atom. The lowest BCUT2D eigenvalue weighted by molar-refractivity contribution is -0.134. The van der Waals surface area contributed by atoms with Gasteiger partial charge in [0.2, 0.25) is 0 Å². The molecular weight excluding hydrogens is 256 g/mol. The van der Waals surface area contributed by atoms with Crippen molar-refractivity contribution in [2.24, 2.45) is 0 Å². The van der Waals surface area contributed by atoms with Crippen LogP contribution in [0.5, 0.6) is 0 Å². The number of nitrogens with zero attached hydrogens (tertiary/aromatic N) is 1. The van der Waals surface area contributed by atoms with Crippen LogP contribution < -0.4 is 5.32 Å². The maximum Gasteiger partial charge on any atom is 0.254 e. The highest BCUT2D eigenvalue weighted by Gasteiger charge is 2.27. The number of ether oxygens (including phenoxy) is 1. The number of fused-ring (bicyclic) bond motifs is 1. The Kier molecular flexibility index (Phi) is 3.52. The van der Waals surface area contributed by atoms with Gasteiger partial charge in [0.05, 0.1) is 18.8 Å². The van der Waals surface area contributed by atoms with E-state index in [0.29, 0.717) is 18.9 Å². The summed E-state index contributed by atoms with van der Waals surface area (Å²) in [5, 5.41) is 2.84. The first kappa shape index (κ1) is 12.9. The summed E-state index contributed by atoms with van der Waals surface area (Å²) in [6, 6.07) is 7.89. The summed E-state index contributed by atoms with van der Waals surface area (Å²) in [6.07, 6.45) is 1.69. The first-order chi connectivity index (χ1) is 9.75. The van der Waals surface area contributed by atoms with E-state index >= 15 is 0 Å². The highest BCUT2D eigenvalue weighted by Crippen LogP contribution is 2.27. The van der Waals surface area contributed by atoms with Gasteiger partial charge < -0.3 is 14.5 Å². The second-order valence-electron chi connectivity index (χ2n) is 4.78. The first-order valence-electron chi connectivity index (χ1n) is 6.62. The summed E-state index contributed by atoms with van der Waals surface area (Å²) in [5.74, 6) is 0.524. The molecule has 1 aliphatic heterocycles. The molecule has 5 nitrogen and oxygen atoms in total. The van der Waals surface area contributed by atoms with Gasteiger partial charge in [0.15, 0.2) is 12.5 Å². The molecule has 1 aromatic heterocycles. The van der Waals surface area contributed by atoms with Crippen molar-refractivity contribution in [1.82, 2.24) is 10.3 Å². The van der Waals surface area contributed by atoms with E-state index in [1.54, 1.807) is 0 Å². The van der Waals surface area contributed by atoms with E-state index in [2.05, 4.69) is 10.3 Å². The van der Waals surface area contributed by atoms with Crippen LogP contribution in [0.15, 0.2) is 35.1 Å². The molecule has 1 unspecified atom stereocenters. The molecule has 1 aromatic carbocycles. The van der Waals surface area contributed by atoms with E-state index < -0.39 is 6.10 Å². The fourth-order valence-electron chi connectivity index (χ4n) is 2.37. The SMILES string of the molecule is Cc1ncoc1CNC(=O)C1OCCc2ccccc21. The van der Waals surface area contributed by atoms with Gasteiger partial charge in [-0.1, -0.05) is 24.3 Å². The third-order valence-corrected chi connectivity index (χ3v) is 3.50. The lowest BCUT2D eigenvalue weighted by Gasteiger charge is -2.25. The minimum atomic E-state index is -0.539. The van der Waals surface area contributed by atoms with E-state index in [-0.39, 0.29) is 5.91 Å². The Hall–Kier alpha value is -2.14. The fraction of sp³-hybridized carbons (Fsp3) is 0.333. The molecule has 5 heteroatoms. The number of aromatic nitrogens is 1. The van der Waals surface area contributed by atoms with Crippen molar-refractivity contribution in [2.45, 2.75) is 26.0 Å². The molecule has 3 rings (SSSR count). The molecule has 0 saturated heterocycles. The van der Waals surface area contributed by atoms with Crippen molar-refractivity contribution in [3.8, 4) is 0 Å². The van der Waals surface area contributed by atoms with Crippen LogP contribution in [0.3, 0.4) is 0 Å². The maximum atomic E-state index is 12.3. The molecule has 0 saturated carbocycles. The van der Waals surface area contributed by atoms with Crippen LogP contribution >= 0.6 is 0 Å². The van der Waals surface area contributed by atoms with E-state index in [1.807, 2.05) is 31.2 Å². The van der Waals surface area contributed by atoms with Crippen LogP contribution in [0.2, 0.25) is 0 Å². The van der Waals surface area contributed by atoms with Crippen molar-refractivity contribution in [3.05, 3.63) is 53.2 Å². The fourth-order valence-corrected chi connectivity index (χ4v) is 2.37. The summed E-state index contributed by atoms with van der Waals surface area (Å²) >= 11 is 0. The third-order valence-electron chi connectivity index (χ3n) is 3.50. The number of nitrogens with one attached hydrogen (secondary N) is 1. The predicted octanol–water partition coefficient (Wildman–Crippen LogP) is 1.91. The molecule has 20 heavy (non-hydrogen) atoms. The molecule has 0 bridgehead atoms. The van der Waals surface area contributed by atoms with Crippen molar-refractivity contribution in [3.63, 3.8) is 0 Å². The number of aryl methyl sites for hydroxylation is 1. The minimum Gasteiger partial charge on any atom is -0.446 e. The van der Waals surface area contributed by atoms with E-state index in [4.69, 9.17) is 9.15 Å². The van der Waals surface area contributed by atoms with E-state index in [0.717, 1.165) is 17.7 Å². The summed E-state index contributed by atoms with van der Waals surface area (Å²) < 4.78 is 10.8. The third kappa shape index (κ3) is 2.44. The summed E-state index contributed by atoms with van der Waals surface area (Å²) in [5.41, 5.74) is 2.91. The first-order valence-corrected chi connectivity index (χ1v) is 6.62. The predicted molar refractivity (Wildman–Crippen MR) is 71.9 cm³/mol. The van der Waals surface area contributed by atoms with Crippen LogP contribution in [-0.2, 0) is 22.5 Å². The second kappa shape index (κ2) is 5.46. The zero-order valence-corrected chi connectivity index (χ0v) is 11.3. The molecule has 104 valence electrons. The molecular formula is C15H16N2O3. The number of carbonyl (C=O) groups is 1. The highest BCUT2D eigenvalue weighted by atomic mass is 16.5. The summed E-state index contributed by atoms with van der Waals surface area (Å²) in [4.78, 5) is 16.3. The van der Waals surface area contributed by atoms with Crippen molar-refractivity contribution < 1.29 is 13.9 Å². The van der Waals surface area contributed by atoms with Gasteiger partial charge in [-0.25, -0.2) is 4.98 Å². The van der Waals surface area contributed by atoms with Crippen LogP contribution in [0.25, 0.3) is 0 Å². The number of benzene rings is 1. The standard InChI is InChI=1S/C15H16N2O3/c1-10-13(20-9-17-10)8-16-15(18)14-12-5-3-2-4-11(12)6-7-19-14/h2-5,9,14H,6-8H2,1H3,(H,16,18). The van der Waals surface area contributed by atoms with Gasteiger partial charge >= 0.3 is 0 Å². The summed E-state index contributed by atoms with van der Waals surface area (Å²) in [6.45, 7) is 2.74. The van der Waals surface area contributed by atoms with Gasteiger partial charge in [0.1, 0.15) is 5.76 Å². The van der Waals surface area contributed by atoms with E-state index in [9.17, 15) is 4.79 Å². The lowest BCUT2D eigenvalue weighted by Crippen LogP contribution is -2.33. The molecule has 2 aromatic rings. The van der Waals surface area contributed by atoms with Gasteiger partial charge in [0.25, 0.3) is 5.91 Å². The molecule has 0 fully saturated rings. The average molecular weight is 272 g/mol. The van der Waals surface area contributed by atoms with Crippen LogP contribution in [0, 0.1) is 6.92 Å². The number of rotatable bonds is 3. The number of carbonyl (C=O) groups excluding carboxylic acids is 1. The zero-order chi connectivity index (χ0) is 13.9. The Bertz CT molecular complexity index is 621. The average Bonchev–Trinajstić information content (AvgIpc) is 2.89. The summed E-state index contributed by atoms with van der Waals surface area (Å²) in [7, 11) is 0. The Balaban J connectivity index is 1.71. The topological polar surface area (TPSA) is 64.4 Å². The number of hydrogen-bond acceptors (Lipinski definition) is 4. The van der Waals surface area contributed by atoms with Crippen molar-refractivity contribution in [1.29, 1.82) is 0 Å². The molecule has 1 aliphatic rings. The molecule has 1 atom stereocenters.